The van der Waals surface area contributed by atoms with Crippen molar-refractivity contribution < 1.29 is 17.9 Å². The standard InChI is InChI=1S/C12H17ClO4S/c1-8-6-12(18(13,14)15)9(2)5-11(8)17-7-10(3)16-4/h5-6,10H,7H2,1-4H3. The van der Waals surface area contributed by atoms with Crippen molar-refractivity contribution in [3.8, 4) is 5.75 Å². The minimum Gasteiger partial charge on any atom is -0.491 e. The Labute approximate surface area is 112 Å². The molecule has 1 unspecified atom stereocenters. The van der Waals surface area contributed by atoms with Crippen molar-refractivity contribution in [2.24, 2.45) is 0 Å². The molecular formula is C12H17ClO4S. The number of benzene rings is 1. The van der Waals surface area contributed by atoms with Crippen LogP contribution in [0.25, 0.3) is 0 Å². The first-order chi connectivity index (χ1) is 8.25. The molecule has 4 nitrogen and oxygen atoms in total. The van der Waals surface area contributed by atoms with Crippen LogP contribution in [0.5, 0.6) is 5.75 Å². The van der Waals surface area contributed by atoms with Gasteiger partial charge in [-0.2, -0.15) is 0 Å². The Morgan fingerprint density at radius 2 is 1.89 bits per heavy atom. The van der Waals surface area contributed by atoms with Gasteiger partial charge in [-0.15, -0.1) is 0 Å². The Bertz CT molecular complexity index is 525. The summed E-state index contributed by atoms with van der Waals surface area (Å²) in [7, 11) is 3.24. The number of hydrogen-bond donors (Lipinski definition) is 0. The van der Waals surface area contributed by atoms with Crippen LogP contribution < -0.4 is 4.74 Å². The van der Waals surface area contributed by atoms with Gasteiger partial charge in [-0.1, -0.05) is 0 Å². The van der Waals surface area contributed by atoms with Gasteiger partial charge >= 0.3 is 0 Å². The molecule has 1 aromatic carbocycles. The number of ether oxygens (including phenoxy) is 2. The van der Waals surface area contributed by atoms with E-state index in [2.05, 4.69) is 0 Å². The third kappa shape index (κ3) is 3.86. The van der Waals surface area contributed by atoms with Crippen LogP contribution in [0.4, 0.5) is 0 Å². The molecule has 0 radical (unpaired) electrons. The molecule has 1 rings (SSSR count). The minimum atomic E-state index is -3.72. The van der Waals surface area contributed by atoms with E-state index in [1.54, 1.807) is 27.0 Å². The molecule has 0 N–H and O–H groups in total. The predicted molar refractivity (Wildman–Crippen MR) is 70.9 cm³/mol. The zero-order valence-electron chi connectivity index (χ0n) is 10.9. The highest BCUT2D eigenvalue weighted by atomic mass is 35.7. The van der Waals surface area contributed by atoms with E-state index in [0.717, 1.165) is 5.56 Å². The van der Waals surface area contributed by atoms with Crippen molar-refractivity contribution in [2.45, 2.75) is 31.8 Å². The van der Waals surface area contributed by atoms with E-state index in [0.29, 0.717) is 17.9 Å². The Morgan fingerprint density at radius 1 is 1.28 bits per heavy atom. The van der Waals surface area contributed by atoms with E-state index in [1.807, 2.05) is 6.92 Å². The van der Waals surface area contributed by atoms with Crippen molar-refractivity contribution in [3.63, 3.8) is 0 Å². The number of aryl methyl sites for hydroxylation is 2. The first-order valence-corrected chi connectivity index (χ1v) is 7.78. The van der Waals surface area contributed by atoms with Crippen LogP contribution in [0.2, 0.25) is 0 Å². The molecule has 0 aliphatic carbocycles. The molecule has 0 spiro atoms. The summed E-state index contributed by atoms with van der Waals surface area (Å²) in [4.78, 5) is 0.119. The third-order valence-electron chi connectivity index (χ3n) is 2.61. The van der Waals surface area contributed by atoms with Gasteiger partial charge in [0.25, 0.3) is 9.05 Å². The fraction of sp³-hybridized carbons (Fsp3) is 0.500. The van der Waals surface area contributed by atoms with E-state index in [-0.39, 0.29) is 11.0 Å². The molecule has 1 atom stereocenters. The zero-order valence-corrected chi connectivity index (χ0v) is 12.4. The molecule has 0 aliphatic rings. The van der Waals surface area contributed by atoms with Crippen molar-refractivity contribution in [1.82, 2.24) is 0 Å². The quantitative estimate of drug-likeness (QED) is 0.783. The second-order valence-electron chi connectivity index (χ2n) is 4.18. The molecule has 0 aliphatic heterocycles. The van der Waals surface area contributed by atoms with Crippen molar-refractivity contribution in [1.29, 1.82) is 0 Å². The number of hydrogen-bond acceptors (Lipinski definition) is 4. The van der Waals surface area contributed by atoms with Gasteiger partial charge in [-0.05, 0) is 44.0 Å². The molecular weight excluding hydrogens is 276 g/mol. The van der Waals surface area contributed by atoms with E-state index in [1.165, 1.54) is 6.07 Å². The van der Waals surface area contributed by atoms with E-state index in [9.17, 15) is 8.42 Å². The summed E-state index contributed by atoms with van der Waals surface area (Å²) < 4.78 is 33.3. The summed E-state index contributed by atoms with van der Waals surface area (Å²) in [5.41, 5.74) is 1.29. The lowest BCUT2D eigenvalue weighted by Gasteiger charge is -2.15. The lowest BCUT2D eigenvalue weighted by Crippen LogP contribution is -2.16. The summed E-state index contributed by atoms with van der Waals surface area (Å²) in [6.45, 7) is 5.75. The molecule has 6 heteroatoms. The zero-order chi connectivity index (χ0) is 13.9. The van der Waals surface area contributed by atoms with E-state index >= 15 is 0 Å². The summed E-state index contributed by atoms with van der Waals surface area (Å²) in [5, 5.41) is 0. The third-order valence-corrected chi connectivity index (χ3v) is 4.08. The molecule has 0 heterocycles. The number of halogens is 1. The van der Waals surface area contributed by atoms with Crippen LogP contribution in [0.15, 0.2) is 17.0 Å². The average molecular weight is 293 g/mol. The maximum Gasteiger partial charge on any atom is 0.261 e. The van der Waals surface area contributed by atoms with Gasteiger partial charge in [0.1, 0.15) is 12.4 Å². The lowest BCUT2D eigenvalue weighted by atomic mass is 10.1. The fourth-order valence-electron chi connectivity index (χ4n) is 1.46. The molecule has 102 valence electrons. The number of methoxy groups -OCH3 is 1. The van der Waals surface area contributed by atoms with E-state index < -0.39 is 9.05 Å². The molecule has 0 saturated carbocycles. The minimum absolute atomic E-state index is 0.0267. The van der Waals surface area contributed by atoms with Crippen LogP contribution in [0.1, 0.15) is 18.1 Å². The molecule has 0 bridgehead atoms. The van der Waals surface area contributed by atoms with Crippen molar-refractivity contribution in [3.05, 3.63) is 23.3 Å². The summed E-state index contributed by atoms with van der Waals surface area (Å²) in [6.07, 6.45) is -0.0267. The Kier molecular flexibility index (Phi) is 5.01. The largest absolute Gasteiger partial charge is 0.491 e. The van der Waals surface area contributed by atoms with Gasteiger partial charge in [0.05, 0.1) is 11.0 Å². The highest BCUT2D eigenvalue weighted by Crippen LogP contribution is 2.27. The van der Waals surface area contributed by atoms with Gasteiger partial charge < -0.3 is 9.47 Å². The first kappa shape index (κ1) is 15.3. The van der Waals surface area contributed by atoms with Gasteiger partial charge in [-0.3, -0.25) is 0 Å². The van der Waals surface area contributed by atoms with Crippen LogP contribution in [-0.4, -0.2) is 28.2 Å². The van der Waals surface area contributed by atoms with Gasteiger partial charge in [0, 0.05) is 17.8 Å². The summed E-state index contributed by atoms with van der Waals surface area (Å²) in [6, 6.07) is 3.19. The SMILES string of the molecule is COC(C)COc1cc(C)c(S(=O)(=O)Cl)cc1C. The maximum absolute atomic E-state index is 11.3. The second-order valence-corrected chi connectivity index (χ2v) is 6.71. The molecule has 0 aromatic heterocycles. The van der Waals surface area contributed by atoms with Gasteiger partial charge in [0.2, 0.25) is 0 Å². The topological polar surface area (TPSA) is 52.6 Å². The Balaban J connectivity index is 3.01. The molecule has 1 aromatic rings. The smallest absolute Gasteiger partial charge is 0.261 e. The highest BCUT2D eigenvalue weighted by Gasteiger charge is 2.16. The lowest BCUT2D eigenvalue weighted by molar-refractivity contribution is 0.0714. The predicted octanol–water partition coefficient (Wildman–Crippen LogP) is 2.64. The summed E-state index contributed by atoms with van der Waals surface area (Å²) >= 11 is 0. The van der Waals surface area contributed by atoms with Crippen molar-refractivity contribution in [2.75, 3.05) is 13.7 Å². The first-order valence-electron chi connectivity index (χ1n) is 5.47. The molecule has 0 fully saturated rings. The van der Waals surface area contributed by atoms with Gasteiger partial charge in [0.15, 0.2) is 0 Å². The van der Waals surface area contributed by atoms with Crippen LogP contribution in [0, 0.1) is 13.8 Å². The fourth-order valence-corrected chi connectivity index (χ4v) is 2.72. The second kappa shape index (κ2) is 5.91. The Morgan fingerprint density at radius 3 is 2.39 bits per heavy atom. The monoisotopic (exact) mass is 292 g/mol. The van der Waals surface area contributed by atoms with Gasteiger partial charge in [-0.25, -0.2) is 8.42 Å². The molecule has 0 saturated heterocycles. The van der Waals surface area contributed by atoms with E-state index in [4.69, 9.17) is 20.2 Å². The summed E-state index contributed by atoms with van der Waals surface area (Å²) in [5.74, 6) is 0.639. The van der Waals surface area contributed by atoms with Crippen LogP contribution in [0.3, 0.4) is 0 Å². The van der Waals surface area contributed by atoms with Crippen LogP contribution >= 0.6 is 10.7 Å². The van der Waals surface area contributed by atoms with Crippen LogP contribution in [-0.2, 0) is 13.8 Å². The maximum atomic E-state index is 11.3. The average Bonchev–Trinajstić information content (AvgIpc) is 2.27. The Hall–Kier alpha value is -0.780. The molecule has 0 amide bonds. The highest BCUT2D eigenvalue weighted by molar-refractivity contribution is 8.13. The van der Waals surface area contributed by atoms with Crippen molar-refractivity contribution >= 4 is 19.7 Å². The molecule has 18 heavy (non-hydrogen) atoms. The normalized spacial score (nSPS) is 13.4. The number of rotatable bonds is 5.